The van der Waals surface area contributed by atoms with Crippen molar-refractivity contribution in [1.29, 1.82) is 0 Å². The molecule has 140 valence electrons. The molecule has 0 bridgehead atoms. The molecule has 0 aliphatic carbocycles. The largest absolute Gasteiger partial charge is 0.315 e. The van der Waals surface area contributed by atoms with Crippen LogP contribution in [-0.4, -0.2) is 27.8 Å². The Morgan fingerprint density at radius 3 is 2.33 bits per heavy atom. The highest BCUT2D eigenvalue weighted by atomic mass is 32.2. The summed E-state index contributed by atoms with van der Waals surface area (Å²) in [5, 5.41) is 0.778. The van der Waals surface area contributed by atoms with Crippen molar-refractivity contribution in [3.63, 3.8) is 0 Å². The van der Waals surface area contributed by atoms with E-state index in [0.717, 1.165) is 5.69 Å². The molecular formula is C21H23N3O2S. The second kappa shape index (κ2) is 7.96. The standard InChI is InChI=1S/C21H23N3O2S/c1-14(2)24-20(26)17-12-8-9-13-18(17)22-21(24)27-15(3)19(25)23(4)16-10-6-5-7-11-16/h5-15H,1-4H3/t15-/m0/s1. The van der Waals surface area contributed by atoms with Gasteiger partial charge in [-0.2, -0.15) is 0 Å². The fourth-order valence-corrected chi connectivity index (χ4v) is 4.06. The number of hydrogen-bond acceptors (Lipinski definition) is 4. The number of para-hydroxylation sites is 2. The predicted molar refractivity (Wildman–Crippen MR) is 112 cm³/mol. The molecule has 0 fully saturated rings. The van der Waals surface area contributed by atoms with E-state index in [2.05, 4.69) is 4.98 Å². The normalized spacial score (nSPS) is 12.3. The summed E-state index contributed by atoms with van der Waals surface area (Å²) in [5.41, 5.74) is 1.41. The van der Waals surface area contributed by atoms with E-state index in [0.29, 0.717) is 16.1 Å². The molecule has 3 rings (SSSR count). The molecule has 2 aromatic carbocycles. The van der Waals surface area contributed by atoms with Crippen molar-refractivity contribution >= 4 is 34.3 Å². The maximum absolute atomic E-state index is 12.9. The summed E-state index contributed by atoms with van der Waals surface area (Å²) in [6.45, 7) is 5.74. The number of fused-ring (bicyclic) bond motifs is 1. The Balaban J connectivity index is 1.94. The second-order valence-electron chi connectivity index (χ2n) is 6.67. The number of carbonyl (C=O) groups excluding carboxylic acids is 1. The molecule has 0 saturated heterocycles. The van der Waals surface area contributed by atoms with Gasteiger partial charge >= 0.3 is 0 Å². The van der Waals surface area contributed by atoms with Gasteiger partial charge in [0.1, 0.15) is 0 Å². The fraction of sp³-hybridized carbons (Fsp3) is 0.286. The monoisotopic (exact) mass is 381 g/mol. The Hall–Kier alpha value is -2.60. The number of hydrogen-bond donors (Lipinski definition) is 0. The van der Waals surface area contributed by atoms with Gasteiger partial charge in [-0.25, -0.2) is 4.98 Å². The Morgan fingerprint density at radius 1 is 1.04 bits per heavy atom. The number of benzene rings is 2. The van der Waals surface area contributed by atoms with Crippen LogP contribution in [0.15, 0.2) is 64.5 Å². The van der Waals surface area contributed by atoms with Crippen LogP contribution in [0, 0.1) is 0 Å². The minimum atomic E-state index is -0.381. The Bertz CT molecular complexity index is 1010. The number of thioether (sulfide) groups is 1. The van der Waals surface area contributed by atoms with Crippen LogP contribution in [0.25, 0.3) is 10.9 Å². The molecule has 0 spiro atoms. The molecule has 0 radical (unpaired) electrons. The minimum Gasteiger partial charge on any atom is -0.315 e. The molecule has 1 atom stereocenters. The van der Waals surface area contributed by atoms with Crippen molar-refractivity contribution in [2.75, 3.05) is 11.9 Å². The fourth-order valence-electron chi connectivity index (χ4n) is 2.92. The van der Waals surface area contributed by atoms with Gasteiger partial charge in [-0.05, 0) is 45.0 Å². The molecule has 1 aromatic heterocycles. The number of nitrogens with zero attached hydrogens (tertiary/aromatic N) is 3. The van der Waals surface area contributed by atoms with Gasteiger partial charge in [-0.3, -0.25) is 14.2 Å². The predicted octanol–water partition coefficient (Wildman–Crippen LogP) is 4.12. The highest BCUT2D eigenvalue weighted by Gasteiger charge is 2.23. The van der Waals surface area contributed by atoms with Gasteiger partial charge in [-0.15, -0.1) is 0 Å². The number of rotatable bonds is 5. The van der Waals surface area contributed by atoms with Crippen LogP contribution >= 0.6 is 11.8 Å². The van der Waals surface area contributed by atoms with E-state index in [1.54, 1.807) is 22.6 Å². The van der Waals surface area contributed by atoms with Gasteiger partial charge in [0.2, 0.25) is 5.91 Å². The zero-order valence-electron chi connectivity index (χ0n) is 15.9. The summed E-state index contributed by atoms with van der Waals surface area (Å²) in [6, 6.07) is 16.8. The highest BCUT2D eigenvalue weighted by molar-refractivity contribution is 8.00. The van der Waals surface area contributed by atoms with E-state index in [4.69, 9.17) is 0 Å². The van der Waals surface area contributed by atoms with Gasteiger partial charge in [0.25, 0.3) is 5.56 Å². The van der Waals surface area contributed by atoms with Crippen LogP contribution in [0.4, 0.5) is 5.69 Å². The zero-order valence-corrected chi connectivity index (χ0v) is 16.7. The van der Waals surface area contributed by atoms with Crippen molar-refractivity contribution in [2.45, 2.75) is 37.2 Å². The minimum absolute atomic E-state index is 0.0380. The summed E-state index contributed by atoms with van der Waals surface area (Å²) < 4.78 is 1.67. The first-order chi connectivity index (χ1) is 12.9. The van der Waals surface area contributed by atoms with Crippen LogP contribution in [0.5, 0.6) is 0 Å². The van der Waals surface area contributed by atoms with Crippen molar-refractivity contribution in [2.24, 2.45) is 0 Å². The van der Waals surface area contributed by atoms with Crippen LogP contribution in [0.1, 0.15) is 26.8 Å². The molecule has 0 aliphatic rings. The smallest absolute Gasteiger partial charge is 0.262 e. The number of amides is 1. The lowest BCUT2D eigenvalue weighted by atomic mass is 10.2. The van der Waals surface area contributed by atoms with Crippen LogP contribution in [0.3, 0.4) is 0 Å². The van der Waals surface area contributed by atoms with E-state index < -0.39 is 0 Å². The molecule has 0 aliphatic heterocycles. The average molecular weight is 382 g/mol. The number of aromatic nitrogens is 2. The SMILES string of the molecule is CC(C)n1c(S[C@@H](C)C(=O)N(C)c2ccccc2)nc2ccccc2c1=O. The van der Waals surface area contributed by atoms with Crippen LogP contribution in [0.2, 0.25) is 0 Å². The molecule has 27 heavy (non-hydrogen) atoms. The third kappa shape index (κ3) is 3.90. The molecule has 5 nitrogen and oxygen atoms in total. The van der Waals surface area contributed by atoms with Crippen molar-refractivity contribution < 1.29 is 4.79 Å². The Kier molecular flexibility index (Phi) is 5.65. The zero-order chi connectivity index (χ0) is 19.6. The van der Waals surface area contributed by atoms with Crippen molar-refractivity contribution in [3.05, 3.63) is 65.0 Å². The molecule has 0 unspecified atom stereocenters. The number of carbonyl (C=O) groups is 1. The average Bonchev–Trinajstić information content (AvgIpc) is 2.67. The third-order valence-electron chi connectivity index (χ3n) is 4.40. The van der Waals surface area contributed by atoms with E-state index >= 15 is 0 Å². The van der Waals surface area contributed by atoms with Gasteiger partial charge < -0.3 is 4.90 Å². The quantitative estimate of drug-likeness (QED) is 0.493. The molecule has 6 heteroatoms. The van der Waals surface area contributed by atoms with E-state index in [1.807, 2.05) is 69.3 Å². The van der Waals surface area contributed by atoms with Gasteiger partial charge in [0, 0.05) is 18.8 Å². The second-order valence-corrected chi connectivity index (χ2v) is 7.98. The molecule has 1 heterocycles. The molecular weight excluding hydrogens is 358 g/mol. The first-order valence-corrected chi connectivity index (χ1v) is 9.78. The lowest BCUT2D eigenvalue weighted by Gasteiger charge is -2.22. The summed E-state index contributed by atoms with van der Waals surface area (Å²) >= 11 is 1.32. The summed E-state index contributed by atoms with van der Waals surface area (Å²) in [7, 11) is 1.76. The van der Waals surface area contributed by atoms with E-state index in [-0.39, 0.29) is 22.8 Å². The lowest BCUT2D eigenvalue weighted by molar-refractivity contribution is -0.117. The van der Waals surface area contributed by atoms with E-state index in [9.17, 15) is 9.59 Å². The number of anilines is 1. The molecule has 0 N–H and O–H groups in total. The highest BCUT2D eigenvalue weighted by Crippen LogP contribution is 2.26. The van der Waals surface area contributed by atoms with Crippen molar-refractivity contribution in [1.82, 2.24) is 9.55 Å². The lowest BCUT2D eigenvalue weighted by Crippen LogP contribution is -2.34. The molecule has 0 saturated carbocycles. The summed E-state index contributed by atoms with van der Waals surface area (Å²) in [6.07, 6.45) is 0. The first-order valence-electron chi connectivity index (χ1n) is 8.90. The van der Waals surface area contributed by atoms with Crippen LogP contribution < -0.4 is 10.5 Å². The van der Waals surface area contributed by atoms with Crippen molar-refractivity contribution in [3.8, 4) is 0 Å². The molecule has 3 aromatic rings. The topological polar surface area (TPSA) is 55.2 Å². The third-order valence-corrected chi connectivity index (χ3v) is 5.45. The van der Waals surface area contributed by atoms with Crippen LogP contribution in [-0.2, 0) is 4.79 Å². The maximum Gasteiger partial charge on any atom is 0.262 e. The maximum atomic E-state index is 12.9. The van der Waals surface area contributed by atoms with Gasteiger partial charge in [0.15, 0.2) is 5.16 Å². The van der Waals surface area contributed by atoms with E-state index in [1.165, 1.54) is 11.8 Å². The molecule has 1 amide bonds. The van der Waals surface area contributed by atoms with Gasteiger partial charge in [-0.1, -0.05) is 42.1 Å². The first kappa shape index (κ1) is 19.2. The van der Waals surface area contributed by atoms with Gasteiger partial charge in [0.05, 0.1) is 16.2 Å². The summed E-state index contributed by atoms with van der Waals surface area (Å²) in [4.78, 5) is 32.1. The Morgan fingerprint density at radius 2 is 1.67 bits per heavy atom. The summed E-state index contributed by atoms with van der Waals surface area (Å²) in [5.74, 6) is -0.0380. The Labute approximate surface area is 163 Å².